The normalized spacial score (nSPS) is 12.7. The third kappa shape index (κ3) is 4.53. The van der Waals surface area contributed by atoms with E-state index in [1.165, 1.54) is 0 Å². The Morgan fingerprint density at radius 3 is 2.23 bits per heavy atom. The van der Waals surface area contributed by atoms with E-state index >= 15 is 0 Å². The zero-order chi connectivity index (χ0) is 16.2. The number of carbonyl (C=O) groups is 1. The summed E-state index contributed by atoms with van der Waals surface area (Å²) in [7, 11) is -4.56. The summed E-state index contributed by atoms with van der Waals surface area (Å²) in [6.07, 6.45) is -0.0111. The second-order valence-electron chi connectivity index (χ2n) is 5.15. The molecule has 1 amide bonds. The summed E-state index contributed by atoms with van der Waals surface area (Å²) < 4.78 is 11.7. The first kappa shape index (κ1) is 16.4. The van der Waals surface area contributed by atoms with E-state index < -0.39 is 19.2 Å². The van der Waals surface area contributed by atoms with E-state index in [2.05, 4.69) is 5.32 Å². The van der Waals surface area contributed by atoms with Gasteiger partial charge < -0.3 is 15.1 Å². The van der Waals surface area contributed by atoms with E-state index in [0.717, 1.165) is 5.56 Å². The topological polar surface area (TPSA) is 86.6 Å². The minimum absolute atomic E-state index is 0.0111. The van der Waals surface area contributed by atoms with Gasteiger partial charge in [-0.25, -0.2) is 0 Å². The Labute approximate surface area is 129 Å². The lowest BCUT2D eigenvalue weighted by atomic mass is 10.1. The number of hydrogen-bond acceptors (Lipinski definition) is 2. The highest BCUT2D eigenvalue weighted by atomic mass is 31.2. The fourth-order valence-electron chi connectivity index (χ4n) is 2.06. The van der Waals surface area contributed by atoms with Gasteiger partial charge in [0.25, 0.3) is 0 Å². The lowest BCUT2D eigenvalue weighted by Crippen LogP contribution is -2.30. The molecular formula is C16H18NO4P. The monoisotopic (exact) mass is 319 g/mol. The minimum atomic E-state index is -4.56. The molecule has 2 rings (SSSR count). The number of anilines is 1. The third-order valence-electron chi connectivity index (χ3n) is 3.30. The fraction of sp³-hybridized carbons (Fsp3) is 0.188. The smallest absolute Gasteiger partial charge is 0.325 e. The number of aryl methyl sites for hydroxylation is 1. The van der Waals surface area contributed by atoms with Crippen LogP contribution in [0.15, 0.2) is 54.6 Å². The summed E-state index contributed by atoms with van der Waals surface area (Å²) in [5, 5.41) is 2.56. The molecule has 0 aliphatic carbocycles. The maximum absolute atomic E-state index is 12.2. The number of benzene rings is 2. The Morgan fingerprint density at radius 1 is 1.09 bits per heavy atom. The molecule has 0 saturated heterocycles. The Balaban J connectivity index is 2.16. The van der Waals surface area contributed by atoms with Crippen molar-refractivity contribution in [3.63, 3.8) is 0 Å². The number of carbonyl (C=O) groups excluding carboxylic acids is 1. The minimum Gasteiger partial charge on any atom is -0.325 e. The predicted octanol–water partition coefficient (Wildman–Crippen LogP) is 2.72. The van der Waals surface area contributed by atoms with E-state index in [1.807, 2.05) is 25.1 Å². The summed E-state index contributed by atoms with van der Waals surface area (Å²) in [5.41, 5.74) is 0.849. The molecule has 0 spiro atoms. The van der Waals surface area contributed by atoms with E-state index in [1.54, 1.807) is 36.4 Å². The second kappa shape index (κ2) is 6.88. The number of rotatable bonds is 5. The van der Waals surface area contributed by atoms with Crippen LogP contribution in [0.5, 0.6) is 0 Å². The Kier molecular flexibility index (Phi) is 5.14. The van der Waals surface area contributed by atoms with Gasteiger partial charge in [0.05, 0.1) is 0 Å². The molecule has 0 aliphatic rings. The molecule has 6 heteroatoms. The Bertz CT molecular complexity index is 679. The first-order valence-corrected chi connectivity index (χ1v) is 8.51. The van der Waals surface area contributed by atoms with E-state index in [9.17, 15) is 19.1 Å². The van der Waals surface area contributed by atoms with Crippen molar-refractivity contribution in [3.8, 4) is 0 Å². The molecule has 1 unspecified atom stereocenters. The second-order valence-corrected chi connectivity index (χ2v) is 6.95. The summed E-state index contributed by atoms with van der Waals surface area (Å²) in [6, 6.07) is 15.9. The molecule has 5 nitrogen and oxygen atoms in total. The molecule has 0 bridgehead atoms. The van der Waals surface area contributed by atoms with Crippen molar-refractivity contribution in [2.45, 2.75) is 19.0 Å². The highest BCUT2D eigenvalue weighted by Crippen LogP contribution is 2.43. The van der Waals surface area contributed by atoms with Crippen molar-refractivity contribution in [2.75, 3.05) is 5.32 Å². The zero-order valence-electron chi connectivity index (χ0n) is 12.1. The summed E-state index contributed by atoms with van der Waals surface area (Å²) in [6.45, 7) is 1.92. The summed E-state index contributed by atoms with van der Waals surface area (Å²) in [4.78, 5) is 31.2. The van der Waals surface area contributed by atoms with Gasteiger partial charge in [0.1, 0.15) is 5.66 Å². The van der Waals surface area contributed by atoms with Crippen LogP contribution >= 0.6 is 7.60 Å². The average molecular weight is 319 g/mol. The van der Waals surface area contributed by atoms with Crippen LogP contribution in [0, 0.1) is 6.92 Å². The van der Waals surface area contributed by atoms with Gasteiger partial charge in [-0.3, -0.25) is 9.36 Å². The predicted molar refractivity (Wildman–Crippen MR) is 85.8 cm³/mol. The van der Waals surface area contributed by atoms with Gasteiger partial charge in [-0.1, -0.05) is 48.0 Å². The number of hydrogen-bond donors (Lipinski definition) is 3. The van der Waals surface area contributed by atoms with Gasteiger partial charge >= 0.3 is 7.60 Å². The van der Waals surface area contributed by atoms with Gasteiger partial charge in [-0.15, -0.1) is 0 Å². The van der Waals surface area contributed by atoms with Crippen LogP contribution in [0.1, 0.15) is 11.1 Å². The Morgan fingerprint density at radius 2 is 1.68 bits per heavy atom. The van der Waals surface area contributed by atoms with Gasteiger partial charge in [0, 0.05) is 5.69 Å². The molecule has 0 saturated carbocycles. The lowest BCUT2D eigenvalue weighted by Gasteiger charge is -2.18. The highest BCUT2D eigenvalue weighted by molar-refractivity contribution is 7.53. The highest BCUT2D eigenvalue weighted by Gasteiger charge is 2.35. The van der Waals surface area contributed by atoms with E-state index in [-0.39, 0.29) is 6.42 Å². The molecule has 0 aliphatic heterocycles. The van der Waals surface area contributed by atoms with Gasteiger partial charge in [0.2, 0.25) is 5.91 Å². The van der Waals surface area contributed by atoms with Crippen molar-refractivity contribution < 1.29 is 19.1 Å². The van der Waals surface area contributed by atoms with Crippen molar-refractivity contribution in [1.82, 2.24) is 0 Å². The van der Waals surface area contributed by atoms with Crippen LogP contribution in [-0.4, -0.2) is 21.4 Å². The lowest BCUT2D eigenvalue weighted by molar-refractivity contribution is -0.116. The first-order valence-electron chi connectivity index (χ1n) is 6.83. The summed E-state index contributed by atoms with van der Waals surface area (Å²) in [5.74, 6) is -0.680. The third-order valence-corrected chi connectivity index (χ3v) is 4.53. The average Bonchev–Trinajstić information content (AvgIpc) is 2.47. The van der Waals surface area contributed by atoms with Crippen LogP contribution < -0.4 is 5.32 Å². The number of amides is 1. The maximum Gasteiger partial charge on any atom is 0.338 e. The molecule has 3 N–H and O–H groups in total. The quantitative estimate of drug-likeness (QED) is 0.740. The van der Waals surface area contributed by atoms with Crippen LogP contribution in [0.3, 0.4) is 0 Å². The molecular weight excluding hydrogens is 301 g/mol. The molecule has 2 aromatic rings. The van der Waals surface area contributed by atoms with Crippen LogP contribution in [0.2, 0.25) is 0 Å². The summed E-state index contributed by atoms with van der Waals surface area (Å²) >= 11 is 0. The van der Waals surface area contributed by atoms with E-state index in [4.69, 9.17) is 0 Å². The maximum atomic E-state index is 12.2. The van der Waals surface area contributed by atoms with Crippen molar-refractivity contribution in [1.29, 1.82) is 0 Å². The van der Waals surface area contributed by atoms with Crippen molar-refractivity contribution in [2.24, 2.45) is 0 Å². The standard InChI is InChI=1S/C16H18NO4P/c1-12-7-9-14(10-8-12)17-16(18)15(22(19,20)21)11-13-5-3-2-4-6-13/h2-10,15H,11H2,1H3,(H,17,18)(H2,19,20,21). The van der Waals surface area contributed by atoms with Crippen LogP contribution in [0.4, 0.5) is 5.69 Å². The van der Waals surface area contributed by atoms with Crippen LogP contribution in [-0.2, 0) is 15.8 Å². The first-order chi connectivity index (χ1) is 10.4. The SMILES string of the molecule is Cc1ccc(NC(=O)C(Cc2ccccc2)P(=O)(O)O)cc1. The van der Waals surface area contributed by atoms with Gasteiger partial charge in [-0.05, 0) is 31.0 Å². The molecule has 2 aromatic carbocycles. The Hall–Kier alpha value is -1.94. The largest absolute Gasteiger partial charge is 0.338 e. The molecule has 1 atom stereocenters. The molecule has 22 heavy (non-hydrogen) atoms. The molecule has 116 valence electrons. The van der Waals surface area contributed by atoms with Crippen LogP contribution in [0.25, 0.3) is 0 Å². The number of nitrogens with one attached hydrogen (secondary N) is 1. The zero-order valence-corrected chi connectivity index (χ0v) is 13.0. The van der Waals surface area contributed by atoms with Crippen molar-refractivity contribution in [3.05, 3.63) is 65.7 Å². The molecule has 0 fully saturated rings. The van der Waals surface area contributed by atoms with Crippen molar-refractivity contribution >= 4 is 19.2 Å². The molecule has 0 aromatic heterocycles. The van der Waals surface area contributed by atoms with Gasteiger partial charge in [0.15, 0.2) is 0 Å². The molecule has 0 heterocycles. The van der Waals surface area contributed by atoms with Gasteiger partial charge in [-0.2, -0.15) is 0 Å². The fourth-order valence-corrected chi connectivity index (χ4v) is 2.88. The van der Waals surface area contributed by atoms with E-state index in [0.29, 0.717) is 11.3 Å². The molecule has 0 radical (unpaired) electrons.